The Morgan fingerprint density at radius 1 is 1.20 bits per heavy atom. The third kappa shape index (κ3) is 6.08. The predicted molar refractivity (Wildman–Crippen MR) is 185 cm³/mol. The van der Waals surface area contributed by atoms with Gasteiger partial charge in [0.25, 0.3) is 0 Å². The summed E-state index contributed by atoms with van der Waals surface area (Å²) in [5, 5.41) is 22.2. The number of Topliss-reactive ketones (excluding diaryl/α,β-unsaturated/α-hetero) is 1. The first kappa shape index (κ1) is 32.9. The van der Waals surface area contributed by atoms with E-state index in [1.165, 1.54) is 23.8 Å². The number of hydrogen-bond acceptors (Lipinski definition) is 10. The maximum Gasteiger partial charge on any atom is 0.352 e. The molecule has 3 aromatic heterocycles. The fraction of sp³-hybridized carbons (Fsp3) is 0.344. The standard InChI is InChI=1S/C32H32ClN9O5S2/c1-47-37-24(25-27(33)49-32(35)36-25)22(43)14-21-29(44)42-26(31(45)46)20(17-48-30(21)42)16-40-11-8-23-39(12-13-41(23)40)15-18-4-6-19(7-5-18)28(34)38-9-2-3-10-38/h4-8,11-13,21,30,34H,2-3,9-10,14-17H2,1H3,(H2-,35,36,45,46)/p+1/b34-28?,37-24+/t21-,30-/m1/s1. The van der Waals surface area contributed by atoms with E-state index in [4.69, 9.17) is 27.6 Å². The number of carboxylic acid groups (broad SMARTS) is 1. The third-order valence-electron chi connectivity index (χ3n) is 8.98. The average Bonchev–Trinajstić information content (AvgIpc) is 3.90. The number of nitrogens with one attached hydrogen (secondary N) is 1. The van der Waals surface area contributed by atoms with Crippen LogP contribution in [0.25, 0.3) is 5.65 Å². The molecule has 0 radical (unpaired) electrons. The van der Waals surface area contributed by atoms with Gasteiger partial charge in [0, 0.05) is 30.8 Å². The molecule has 1 aromatic carbocycles. The minimum atomic E-state index is -1.20. The van der Waals surface area contributed by atoms with Gasteiger partial charge in [-0.1, -0.05) is 52.4 Å². The number of nitrogens with two attached hydrogens (primary N) is 1. The maximum absolute atomic E-state index is 13.4. The molecular weight excluding hydrogens is 690 g/mol. The number of aliphatic carboxylic acids is 1. The molecule has 2 atom stereocenters. The highest BCUT2D eigenvalue weighted by atomic mass is 35.5. The van der Waals surface area contributed by atoms with Crippen molar-refractivity contribution < 1.29 is 28.9 Å². The summed E-state index contributed by atoms with van der Waals surface area (Å²) in [5.74, 6) is -1.95. The number of likely N-dealkylation sites (tertiary alicyclic amines) is 1. The van der Waals surface area contributed by atoms with E-state index in [0.717, 1.165) is 54.0 Å². The molecule has 49 heavy (non-hydrogen) atoms. The fourth-order valence-electron chi connectivity index (χ4n) is 6.60. The summed E-state index contributed by atoms with van der Waals surface area (Å²) in [6.45, 7) is 2.75. The first-order chi connectivity index (χ1) is 23.6. The van der Waals surface area contributed by atoms with E-state index < -0.39 is 29.0 Å². The van der Waals surface area contributed by atoms with Gasteiger partial charge in [-0.25, -0.2) is 19.0 Å². The summed E-state index contributed by atoms with van der Waals surface area (Å²) < 4.78 is 6.14. The first-order valence-electron chi connectivity index (χ1n) is 15.6. The Balaban J connectivity index is 1.05. The monoisotopic (exact) mass is 722 g/mol. The lowest BCUT2D eigenvalue weighted by atomic mass is 9.89. The van der Waals surface area contributed by atoms with Crippen LogP contribution in [0.5, 0.6) is 0 Å². The van der Waals surface area contributed by atoms with Crippen LogP contribution in [-0.4, -0.2) is 89.6 Å². The number of thiazole rings is 1. The lowest BCUT2D eigenvalue weighted by Gasteiger charge is -2.49. The van der Waals surface area contributed by atoms with Crippen molar-refractivity contribution in [2.45, 2.75) is 37.7 Å². The molecule has 14 nitrogen and oxygen atoms in total. The second-order valence-electron chi connectivity index (χ2n) is 12.0. The summed E-state index contributed by atoms with van der Waals surface area (Å²) in [5.41, 5.74) is 9.14. The Morgan fingerprint density at radius 3 is 2.63 bits per heavy atom. The molecule has 254 valence electrons. The molecule has 0 saturated carbocycles. The van der Waals surface area contributed by atoms with Crippen molar-refractivity contribution in [2.75, 3.05) is 31.7 Å². The van der Waals surface area contributed by atoms with E-state index in [1.54, 1.807) is 0 Å². The van der Waals surface area contributed by atoms with Crippen LogP contribution < -0.4 is 10.3 Å². The van der Waals surface area contributed by atoms with E-state index in [1.807, 2.05) is 58.1 Å². The maximum atomic E-state index is 13.4. The number of anilines is 1. The number of benzene rings is 1. The lowest BCUT2D eigenvalue weighted by molar-refractivity contribution is -0.661. The SMILES string of the molecule is CO/N=C(\C(=O)C[C@@H]1C(=O)N2C(C(=O)O)=C(Cn3ccc4n3cc[n+]4Cc3ccc(C(=N)N4CCCC4)cc3)CS[C@H]12)c1nc(N)sc1Cl. The van der Waals surface area contributed by atoms with Gasteiger partial charge in [0.1, 0.15) is 41.4 Å². The van der Waals surface area contributed by atoms with E-state index >= 15 is 0 Å². The number of nitrogens with zero attached hydrogens (tertiary/aromatic N) is 7. The number of aromatic nitrogens is 4. The van der Waals surface area contributed by atoms with Gasteiger partial charge in [-0.05, 0) is 24.0 Å². The predicted octanol–water partition coefficient (Wildman–Crippen LogP) is 3.07. The largest absolute Gasteiger partial charge is 0.477 e. The number of carbonyl (C=O) groups is 3. The van der Waals surface area contributed by atoms with Crippen LogP contribution in [0.15, 0.2) is 65.3 Å². The number of β-lactam (4-membered cyclic amide) rings is 1. The minimum Gasteiger partial charge on any atom is -0.477 e. The van der Waals surface area contributed by atoms with E-state index in [-0.39, 0.29) is 39.5 Å². The molecular formula is C32H33ClN9O5S2+. The number of carbonyl (C=O) groups excluding carboxylic acids is 2. The number of hydrogen-bond donors (Lipinski definition) is 3. The van der Waals surface area contributed by atoms with Crippen molar-refractivity contribution in [1.29, 1.82) is 5.41 Å². The molecule has 0 unspecified atom stereocenters. The number of nitrogen functional groups attached to an aromatic ring is 1. The molecule has 6 heterocycles. The average molecular weight is 723 g/mol. The number of amides is 1. The quantitative estimate of drug-likeness (QED) is 0.0691. The van der Waals surface area contributed by atoms with Gasteiger partial charge in [0.05, 0.1) is 30.1 Å². The van der Waals surface area contributed by atoms with Crippen molar-refractivity contribution in [2.24, 2.45) is 11.1 Å². The van der Waals surface area contributed by atoms with Crippen molar-refractivity contribution in [1.82, 2.24) is 24.0 Å². The van der Waals surface area contributed by atoms with E-state index in [2.05, 4.69) is 19.6 Å². The van der Waals surface area contributed by atoms with Gasteiger partial charge in [-0.15, -0.1) is 16.3 Å². The first-order valence-corrected chi connectivity index (χ1v) is 17.8. The molecule has 2 saturated heterocycles. The number of fused-ring (bicyclic) bond motifs is 2. The number of carboxylic acids is 1. The smallest absolute Gasteiger partial charge is 0.352 e. The molecule has 2 fully saturated rings. The molecule has 4 N–H and O–H groups in total. The molecule has 1 amide bonds. The molecule has 0 bridgehead atoms. The van der Waals surface area contributed by atoms with Crippen molar-refractivity contribution in [3.63, 3.8) is 0 Å². The third-order valence-corrected chi connectivity index (χ3v) is 11.5. The molecule has 3 aliphatic heterocycles. The molecule has 3 aliphatic rings. The van der Waals surface area contributed by atoms with Crippen LogP contribution in [0.4, 0.5) is 5.13 Å². The van der Waals surface area contributed by atoms with Crippen molar-refractivity contribution >= 4 is 74.7 Å². The van der Waals surface area contributed by atoms with Gasteiger partial charge >= 0.3 is 11.6 Å². The van der Waals surface area contributed by atoms with Crippen molar-refractivity contribution in [3.8, 4) is 0 Å². The summed E-state index contributed by atoms with van der Waals surface area (Å²) in [4.78, 5) is 51.6. The Bertz CT molecular complexity index is 2040. The Kier molecular flexibility index (Phi) is 8.94. The van der Waals surface area contributed by atoms with Crippen LogP contribution in [-0.2, 0) is 32.3 Å². The fourth-order valence-corrected chi connectivity index (χ4v) is 8.94. The van der Waals surface area contributed by atoms with Gasteiger partial charge in [0.2, 0.25) is 5.91 Å². The Hall–Kier alpha value is -4.67. The molecule has 4 aromatic rings. The van der Waals surface area contributed by atoms with Crippen LogP contribution in [0, 0.1) is 11.3 Å². The summed E-state index contributed by atoms with van der Waals surface area (Å²) in [6.07, 6.45) is 7.83. The molecule has 7 rings (SSSR count). The highest BCUT2D eigenvalue weighted by Crippen LogP contribution is 2.45. The number of amidine groups is 1. The van der Waals surface area contributed by atoms with Gasteiger partial charge < -0.3 is 20.6 Å². The van der Waals surface area contributed by atoms with Crippen LogP contribution >= 0.6 is 34.7 Å². The van der Waals surface area contributed by atoms with Crippen molar-refractivity contribution in [3.05, 3.63) is 81.3 Å². The molecule has 0 spiro atoms. The topological polar surface area (TPSA) is 175 Å². The zero-order valence-corrected chi connectivity index (χ0v) is 28.8. The number of ketones is 1. The summed E-state index contributed by atoms with van der Waals surface area (Å²) in [7, 11) is 1.28. The zero-order valence-electron chi connectivity index (χ0n) is 26.4. The second kappa shape index (κ2) is 13.3. The lowest BCUT2D eigenvalue weighted by Crippen LogP contribution is -2.62. The molecule has 0 aliphatic carbocycles. The normalized spacial score (nSPS) is 19.4. The minimum absolute atomic E-state index is 0.0555. The number of imidazole rings is 1. The number of oxime groups is 1. The van der Waals surface area contributed by atoms with Gasteiger partial charge in [0.15, 0.2) is 22.8 Å². The van der Waals surface area contributed by atoms with E-state index in [9.17, 15) is 19.5 Å². The van der Waals surface area contributed by atoms with Crippen LogP contribution in [0.3, 0.4) is 0 Å². The highest BCUT2D eigenvalue weighted by Gasteiger charge is 2.54. The van der Waals surface area contributed by atoms with Crippen LogP contribution in [0.1, 0.15) is 36.1 Å². The summed E-state index contributed by atoms with van der Waals surface area (Å²) in [6, 6.07) is 10.1. The number of rotatable bonds is 11. The zero-order chi connectivity index (χ0) is 34.4. The number of thioether (sulfide) groups is 1. The Morgan fingerprint density at radius 2 is 1.96 bits per heavy atom. The van der Waals surface area contributed by atoms with Gasteiger partial charge in [-0.3, -0.25) is 19.9 Å². The Labute approximate surface area is 293 Å². The summed E-state index contributed by atoms with van der Waals surface area (Å²) >= 11 is 8.62. The van der Waals surface area contributed by atoms with Crippen LogP contribution in [0.2, 0.25) is 4.34 Å². The second-order valence-corrected chi connectivity index (χ2v) is 14.7. The molecule has 17 heteroatoms. The highest BCUT2D eigenvalue weighted by molar-refractivity contribution is 8.00. The van der Waals surface area contributed by atoms with Gasteiger partial charge in [-0.2, -0.15) is 0 Å². The van der Waals surface area contributed by atoms with E-state index in [0.29, 0.717) is 23.7 Å². The number of halogens is 1.